The Bertz CT molecular complexity index is 1100. The summed E-state index contributed by atoms with van der Waals surface area (Å²) in [5, 5.41) is 3.02. The smallest absolute Gasteiger partial charge is 0.251 e. The molecule has 5 rings (SSSR count). The van der Waals surface area contributed by atoms with Gasteiger partial charge in [0.05, 0.1) is 17.9 Å². The lowest BCUT2D eigenvalue weighted by Crippen LogP contribution is -2.38. The fourth-order valence-corrected chi connectivity index (χ4v) is 4.94. The van der Waals surface area contributed by atoms with E-state index in [1.54, 1.807) is 12.3 Å². The van der Waals surface area contributed by atoms with Gasteiger partial charge >= 0.3 is 0 Å². The van der Waals surface area contributed by atoms with Crippen LogP contribution in [0.5, 0.6) is 5.75 Å². The molecule has 174 valence electrons. The molecule has 4 N–H and O–H groups in total. The Hall–Kier alpha value is -3.14. The maximum Gasteiger partial charge on any atom is 0.251 e. The van der Waals surface area contributed by atoms with Gasteiger partial charge in [0, 0.05) is 37.3 Å². The minimum absolute atomic E-state index is 0.0370. The number of carbonyl (C=O) groups excluding carboxylic acids is 1. The maximum absolute atomic E-state index is 12.5. The lowest BCUT2D eigenvalue weighted by atomic mass is 9.98. The quantitative estimate of drug-likeness (QED) is 0.573. The molecule has 9 nitrogen and oxygen atoms in total. The van der Waals surface area contributed by atoms with E-state index in [0.29, 0.717) is 41.0 Å². The third kappa shape index (κ3) is 5.11. The van der Waals surface area contributed by atoms with Crippen LogP contribution in [0.15, 0.2) is 40.9 Å². The minimum Gasteiger partial charge on any atom is -0.492 e. The summed E-state index contributed by atoms with van der Waals surface area (Å²) in [7, 11) is 0. The van der Waals surface area contributed by atoms with Crippen LogP contribution in [0, 0.1) is 11.8 Å². The number of nitrogens with one attached hydrogen (secondary N) is 2. The topological polar surface area (TPSA) is 122 Å². The number of benzene rings is 1. The Kier molecular flexibility index (Phi) is 6.17. The van der Waals surface area contributed by atoms with Crippen LogP contribution in [0.3, 0.4) is 0 Å². The van der Waals surface area contributed by atoms with E-state index in [9.17, 15) is 9.00 Å². The van der Waals surface area contributed by atoms with Gasteiger partial charge in [0.25, 0.3) is 5.91 Å². The highest BCUT2D eigenvalue weighted by Crippen LogP contribution is 2.31. The Balaban J connectivity index is 1.22. The van der Waals surface area contributed by atoms with Crippen molar-refractivity contribution < 1.29 is 13.7 Å². The number of anilines is 2. The summed E-state index contributed by atoms with van der Waals surface area (Å²) in [6, 6.07) is 9.14. The highest BCUT2D eigenvalue weighted by atomic mass is 32.2. The second-order valence-corrected chi connectivity index (χ2v) is 9.71. The lowest BCUT2D eigenvalue weighted by molar-refractivity contribution is 0.0951. The summed E-state index contributed by atoms with van der Waals surface area (Å²) in [5.74, 6) is 2.57. The summed E-state index contributed by atoms with van der Waals surface area (Å²) in [6.45, 7) is 2.96. The number of rotatable bonds is 7. The van der Waals surface area contributed by atoms with Crippen LogP contribution in [0.2, 0.25) is 0 Å². The molecule has 1 aliphatic carbocycles. The first kappa shape index (κ1) is 21.7. The number of ether oxygens (including phenoxy) is 1. The molecule has 2 fully saturated rings. The third-order valence-electron chi connectivity index (χ3n) is 6.23. The molecule has 2 aliphatic heterocycles. The summed E-state index contributed by atoms with van der Waals surface area (Å²) in [6.07, 6.45) is 6.18. The lowest BCUT2D eigenvalue weighted by Gasteiger charge is -2.33. The van der Waals surface area contributed by atoms with Crippen molar-refractivity contribution in [3.63, 3.8) is 0 Å². The number of nitrogens with zero attached hydrogens (tertiary/aromatic N) is 3. The van der Waals surface area contributed by atoms with Crippen molar-refractivity contribution in [1.29, 1.82) is 0 Å². The van der Waals surface area contributed by atoms with E-state index in [-0.39, 0.29) is 11.7 Å². The Morgan fingerprint density at radius 3 is 3.00 bits per heavy atom. The van der Waals surface area contributed by atoms with Gasteiger partial charge < -0.3 is 20.7 Å². The van der Waals surface area contributed by atoms with Crippen molar-refractivity contribution in [2.75, 3.05) is 35.9 Å². The van der Waals surface area contributed by atoms with E-state index in [4.69, 9.17) is 10.5 Å². The van der Waals surface area contributed by atoms with Crippen molar-refractivity contribution in [3.8, 4) is 5.75 Å². The largest absolute Gasteiger partial charge is 0.492 e. The number of nitrogens with two attached hydrogens (primary N) is 1. The first-order chi connectivity index (χ1) is 16.1. The van der Waals surface area contributed by atoms with Gasteiger partial charge in [-0.15, -0.1) is 0 Å². The van der Waals surface area contributed by atoms with Crippen molar-refractivity contribution in [2.45, 2.75) is 25.7 Å². The number of hydrogen-bond donors (Lipinski definition) is 3. The number of fused-ring (bicyclic) bond motifs is 1. The molecule has 1 aromatic heterocycles. The summed E-state index contributed by atoms with van der Waals surface area (Å²) in [5.41, 5.74) is 7.97. The maximum atomic E-state index is 12.5. The van der Waals surface area contributed by atoms with Gasteiger partial charge in [-0.25, -0.2) is 9.19 Å². The zero-order valence-electron chi connectivity index (χ0n) is 18.3. The SMILES string of the molecule is NC1=NS(=O)Nc2cccc(OCC3CCCN(c4cc(C(=O)NCC5CC5)ccn4)C3)c21. The molecule has 1 aromatic carbocycles. The van der Waals surface area contributed by atoms with E-state index in [1.807, 2.05) is 24.3 Å². The van der Waals surface area contributed by atoms with Gasteiger partial charge in [-0.3, -0.25) is 9.52 Å². The zero-order valence-corrected chi connectivity index (χ0v) is 19.1. The number of amidine groups is 1. The van der Waals surface area contributed by atoms with Crippen LogP contribution in [-0.4, -0.2) is 47.2 Å². The summed E-state index contributed by atoms with van der Waals surface area (Å²) < 4.78 is 24.6. The molecule has 2 aromatic rings. The molecule has 10 heteroatoms. The fraction of sp³-hybridized carbons (Fsp3) is 0.435. The number of aromatic nitrogens is 1. The van der Waals surface area contributed by atoms with Crippen LogP contribution >= 0.6 is 0 Å². The summed E-state index contributed by atoms with van der Waals surface area (Å²) >= 11 is -1.57. The molecule has 1 saturated carbocycles. The third-order valence-corrected chi connectivity index (χ3v) is 6.99. The highest BCUT2D eigenvalue weighted by Gasteiger charge is 2.25. The Labute approximate surface area is 195 Å². The second kappa shape index (κ2) is 9.38. The molecule has 2 atom stereocenters. The van der Waals surface area contributed by atoms with Crippen molar-refractivity contribution in [1.82, 2.24) is 10.3 Å². The normalized spacial score (nSPS) is 22.1. The van der Waals surface area contributed by atoms with Crippen LogP contribution in [0.25, 0.3) is 0 Å². The van der Waals surface area contributed by atoms with E-state index < -0.39 is 11.2 Å². The molecule has 1 saturated heterocycles. The molecule has 0 radical (unpaired) electrons. The van der Waals surface area contributed by atoms with Crippen molar-refractivity contribution in [2.24, 2.45) is 22.0 Å². The van der Waals surface area contributed by atoms with Gasteiger partial charge in [0.2, 0.25) is 11.2 Å². The molecule has 0 bridgehead atoms. The van der Waals surface area contributed by atoms with Gasteiger partial charge in [-0.2, -0.15) is 4.40 Å². The van der Waals surface area contributed by atoms with Crippen molar-refractivity contribution >= 4 is 34.4 Å². The number of pyridine rings is 1. The number of amides is 1. The van der Waals surface area contributed by atoms with Crippen molar-refractivity contribution in [3.05, 3.63) is 47.7 Å². The van der Waals surface area contributed by atoms with Crippen LogP contribution < -0.4 is 25.4 Å². The minimum atomic E-state index is -1.57. The van der Waals surface area contributed by atoms with E-state index in [0.717, 1.165) is 38.3 Å². The predicted octanol–water partition coefficient (Wildman–Crippen LogP) is 2.23. The molecule has 3 heterocycles. The van der Waals surface area contributed by atoms with Crippen LogP contribution in [0.1, 0.15) is 41.6 Å². The standard InChI is InChI=1S/C23H28N6O3S/c24-22-21-18(27-33(31)28-22)4-1-5-19(21)32-14-16-3-2-10-29(13-16)20-11-17(8-9-25-20)23(30)26-12-15-6-7-15/h1,4-5,8-9,11,15-16,27H,2-3,6-7,10,12-14H2,(H2,24,28)(H,26,30). The first-order valence-electron chi connectivity index (χ1n) is 11.3. The number of carbonyl (C=O) groups is 1. The molecule has 3 aliphatic rings. The summed E-state index contributed by atoms with van der Waals surface area (Å²) in [4.78, 5) is 19.2. The molecular formula is C23H28N6O3S. The molecule has 33 heavy (non-hydrogen) atoms. The van der Waals surface area contributed by atoms with Crippen LogP contribution in [-0.2, 0) is 11.2 Å². The van der Waals surface area contributed by atoms with Gasteiger partial charge in [0.15, 0.2) is 0 Å². The second-order valence-electron chi connectivity index (χ2n) is 8.83. The number of hydrogen-bond acceptors (Lipinski definition) is 6. The fourth-order valence-electron chi connectivity index (χ4n) is 4.26. The molecule has 1 amide bonds. The van der Waals surface area contributed by atoms with E-state index >= 15 is 0 Å². The number of piperidine rings is 1. The zero-order chi connectivity index (χ0) is 22.8. The Morgan fingerprint density at radius 2 is 2.15 bits per heavy atom. The molecular weight excluding hydrogens is 440 g/mol. The first-order valence-corrected chi connectivity index (χ1v) is 12.5. The van der Waals surface area contributed by atoms with Gasteiger partial charge in [-0.05, 0) is 55.9 Å². The Morgan fingerprint density at radius 1 is 1.27 bits per heavy atom. The highest BCUT2D eigenvalue weighted by molar-refractivity contribution is 7.85. The van der Waals surface area contributed by atoms with Gasteiger partial charge in [0.1, 0.15) is 17.4 Å². The molecule has 0 spiro atoms. The average Bonchev–Trinajstić information content (AvgIpc) is 3.66. The van der Waals surface area contributed by atoms with E-state index in [2.05, 4.69) is 24.3 Å². The average molecular weight is 469 g/mol. The van der Waals surface area contributed by atoms with Gasteiger partial charge in [-0.1, -0.05) is 6.07 Å². The van der Waals surface area contributed by atoms with E-state index in [1.165, 1.54) is 12.8 Å². The van der Waals surface area contributed by atoms with Crippen LogP contribution in [0.4, 0.5) is 11.5 Å². The molecule has 2 unspecified atom stereocenters. The predicted molar refractivity (Wildman–Crippen MR) is 129 cm³/mol. The monoisotopic (exact) mass is 468 g/mol.